The normalized spacial score (nSPS) is 14.6. The van der Waals surface area contributed by atoms with Crippen LogP contribution in [-0.4, -0.2) is 62.5 Å². The molecule has 2 aromatic carbocycles. The molecule has 2 aromatic heterocycles. The molecule has 37 heavy (non-hydrogen) atoms. The summed E-state index contributed by atoms with van der Waals surface area (Å²) < 4.78 is 13.0. The first-order valence-corrected chi connectivity index (χ1v) is 11.9. The second kappa shape index (κ2) is 10.1. The third-order valence-electron chi connectivity index (χ3n) is 5.91. The Morgan fingerprint density at radius 1 is 1.22 bits per heavy atom. The number of nitrogens with zero attached hydrogens (tertiary/aromatic N) is 4. The summed E-state index contributed by atoms with van der Waals surface area (Å²) in [5, 5.41) is 27.2. The molecule has 10 nitrogen and oxygen atoms in total. The number of carboxylic acid groups (broad SMARTS) is 1. The monoisotopic (exact) mass is 521 g/mol. The average Bonchev–Trinajstić information content (AvgIpc) is 3.19. The zero-order chi connectivity index (χ0) is 26.1. The van der Waals surface area contributed by atoms with Crippen LogP contribution < -0.4 is 14.8 Å². The maximum absolute atomic E-state index is 11.3. The number of aliphatic imine (C=N–C) groups is 1. The number of aliphatic hydroxyl groups is 1. The van der Waals surface area contributed by atoms with Gasteiger partial charge in [0.1, 0.15) is 18.7 Å². The molecule has 1 aliphatic rings. The Hall–Kier alpha value is -4.15. The van der Waals surface area contributed by atoms with Gasteiger partial charge in [-0.2, -0.15) is 5.10 Å². The van der Waals surface area contributed by atoms with Crippen molar-refractivity contribution in [1.29, 1.82) is 0 Å². The highest BCUT2D eigenvalue weighted by Gasteiger charge is 2.21. The van der Waals surface area contributed by atoms with E-state index < -0.39 is 18.1 Å². The molecule has 0 saturated carbocycles. The van der Waals surface area contributed by atoms with Crippen molar-refractivity contribution < 1.29 is 24.5 Å². The van der Waals surface area contributed by atoms with Crippen LogP contribution in [0.2, 0.25) is 5.02 Å². The summed E-state index contributed by atoms with van der Waals surface area (Å²) in [5.74, 6) is 0.693. The van der Waals surface area contributed by atoms with Gasteiger partial charge in [0, 0.05) is 30.6 Å². The van der Waals surface area contributed by atoms with E-state index >= 15 is 0 Å². The van der Waals surface area contributed by atoms with Gasteiger partial charge in [0.15, 0.2) is 23.4 Å². The Bertz CT molecular complexity index is 1520. The van der Waals surface area contributed by atoms with E-state index in [1.165, 1.54) is 13.1 Å². The number of anilines is 2. The molecule has 3 heterocycles. The van der Waals surface area contributed by atoms with E-state index in [4.69, 9.17) is 21.1 Å². The largest absolute Gasteiger partial charge is 0.486 e. The number of fused-ring (bicyclic) bond motifs is 2. The fourth-order valence-electron chi connectivity index (χ4n) is 4.05. The van der Waals surface area contributed by atoms with Crippen LogP contribution in [0.4, 0.5) is 11.5 Å². The van der Waals surface area contributed by atoms with Gasteiger partial charge < -0.3 is 25.0 Å². The number of carbonyl (C=O) groups is 1. The number of carboxylic acids is 1. The fraction of sp³-hybridized carbons (Fsp3) is 0.231. The minimum Gasteiger partial charge on any atom is -0.486 e. The van der Waals surface area contributed by atoms with Gasteiger partial charge in [0.25, 0.3) is 0 Å². The maximum Gasteiger partial charge on any atom is 0.331 e. The van der Waals surface area contributed by atoms with Gasteiger partial charge in [-0.25, -0.2) is 9.78 Å². The van der Waals surface area contributed by atoms with E-state index in [-0.39, 0.29) is 0 Å². The molecule has 2 unspecified atom stereocenters. The van der Waals surface area contributed by atoms with E-state index in [1.54, 1.807) is 24.0 Å². The number of hydrogen-bond acceptors (Lipinski definition) is 8. The third-order valence-corrected chi connectivity index (χ3v) is 6.32. The van der Waals surface area contributed by atoms with Crippen molar-refractivity contribution in [2.75, 3.05) is 18.5 Å². The van der Waals surface area contributed by atoms with Crippen molar-refractivity contribution in [3.63, 3.8) is 0 Å². The van der Waals surface area contributed by atoms with E-state index in [1.807, 2.05) is 36.4 Å². The third kappa shape index (κ3) is 4.93. The first-order chi connectivity index (χ1) is 17.8. The minimum absolute atomic E-state index is 0.500. The highest BCUT2D eigenvalue weighted by Crippen LogP contribution is 2.40. The van der Waals surface area contributed by atoms with Crippen LogP contribution >= 0.6 is 11.6 Å². The molecule has 190 valence electrons. The molecule has 1 aliphatic heterocycles. The summed E-state index contributed by atoms with van der Waals surface area (Å²) in [6.45, 7) is 2.40. The first kappa shape index (κ1) is 24.5. The maximum atomic E-state index is 11.3. The standard InChI is InChI=1S/C26H24ClN5O5/c1-14(33)23(26(34)35)28-12-15-10-19-24(29-13-15)25(31-32(19)2)30-18-5-3-4-17(22(18)27)16-6-7-20-21(11-16)37-9-8-36-20/h3-7,10-14,23,33H,8-9H2,1-2H3,(H,30,31)(H,34,35). The Kier molecular flexibility index (Phi) is 6.68. The van der Waals surface area contributed by atoms with Gasteiger partial charge in [-0.3, -0.25) is 9.67 Å². The zero-order valence-electron chi connectivity index (χ0n) is 20.1. The molecule has 0 spiro atoms. The van der Waals surface area contributed by atoms with Crippen molar-refractivity contribution in [2.24, 2.45) is 12.0 Å². The Morgan fingerprint density at radius 2 is 2.00 bits per heavy atom. The van der Waals surface area contributed by atoms with Crippen LogP contribution in [-0.2, 0) is 11.8 Å². The van der Waals surface area contributed by atoms with Crippen molar-refractivity contribution >= 4 is 46.3 Å². The number of nitrogens with one attached hydrogen (secondary N) is 1. The highest BCUT2D eigenvalue weighted by atomic mass is 35.5. The van der Waals surface area contributed by atoms with Crippen LogP contribution in [0.3, 0.4) is 0 Å². The van der Waals surface area contributed by atoms with E-state index in [2.05, 4.69) is 20.4 Å². The Labute approximate surface area is 217 Å². The molecule has 2 atom stereocenters. The van der Waals surface area contributed by atoms with Crippen molar-refractivity contribution in [1.82, 2.24) is 14.8 Å². The molecule has 0 bridgehead atoms. The van der Waals surface area contributed by atoms with Crippen molar-refractivity contribution in [2.45, 2.75) is 19.1 Å². The van der Waals surface area contributed by atoms with Crippen LogP contribution in [0.25, 0.3) is 22.2 Å². The number of benzene rings is 2. The predicted molar refractivity (Wildman–Crippen MR) is 140 cm³/mol. The van der Waals surface area contributed by atoms with Gasteiger partial charge in [0.05, 0.1) is 22.3 Å². The van der Waals surface area contributed by atoms with Crippen LogP contribution in [0.1, 0.15) is 12.5 Å². The quantitative estimate of drug-likeness (QED) is 0.310. The molecular formula is C26H24ClN5O5. The lowest BCUT2D eigenvalue weighted by Gasteiger charge is -2.19. The number of aliphatic carboxylic acids is 1. The average molecular weight is 522 g/mol. The van der Waals surface area contributed by atoms with Gasteiger partial charge in [-0.15, -0.1) is 0 Å². The SMILES string of the molecule is CC(O)C(N=Cc1cnc2c(Nc3cccc(-c4ccc5c(c4)OCCO5)c3Cl)nn(C)c2c1)C(=O)O. The summed E-state index contributed by atoms with van der Waals surface area (Å²) in [7, 11) is 1.78. The fourth-order valence-corrected chi connectivity index (χ4v) is 4.34. The molecule has 11 heteroatoms. The highest BCUT2D eigenvalue weighted by molar-refractivity contribution is 6.36. The molecular weight excluding hydrogens is 498 g/mol. The molecule has 0 aliphatic carbocycles. The Morgan fingerprint density at radius 3 is 2.76 bits per heavy atom. The number of pyridine rings is 1. The number of halogens is 1. The number of hydrogen-bond donors (Lipinski definition) is 3. The summed E-state index contributed by atoms with van der Waals surface area (Å²) in [4.78, 5) is 19.8. The molecule has 5 rings (SSSR count). The lowest BCUT2D eigenvalue weighted by Crippen LogP contribution is -2.29. The predicted octanol–water partition coefficient (Wildman–Crippen LogP) is 4.06. The lowest BCUT2D eigenvalue weighted by atomic mass is 10.0. The summed E-state index contributed by atoms with van der Waals surface area (Å²) in [6.07, 6.45) is 1.82. The smallest absolute Gasteiger partial charge is 0.331 e. The molecule has 0 fully saturated rings. The molecule has 0 radical (unpaired) electrons. The molecule has 0 saturated heterocycles. The van der Waals surface area contributed by atoms with Gasteiger partial charge in [-0.05, 0) is 36.8 Å². The van der Waals surface area contributed by atoms with Crippen LogP contribution in [0.15, 0.2) is 53.7 Å². The number of rotatable bonds is 7. The summed E-state index contributed by atoms with van der Waals surface area (Å²) in [6, 6.07) is 11.9. The van der Waals surface area contributed by atoms with Crippen LogP contribution in [0, 0.1) is 0 Å². The first-order valence-electron chi connectivity index (χ1n) is 11.5. The van der Waals surface area contributed by atoms with Crippen molar-refractivity contribution in [3.8, 4) is 22.6 Å². The molecule has 0 amide bonds. The topological polar surface area (TPSA) is 131 Å². The lowest BCUT2D eigenvalue weighted by molar-refractivity contribution is -0.140. The number of ether oxygens (including phenoxy) is 2. The number of aliphatic hydroxyl groups excluding tert-OH is 1. The summed E-state index contributed by atoms with van der Waals surface area (Å²) >= 11 is 6.81. The Balaban J connectivity index is 1.44. The van der Waals surface area contributed by atoms with Gasteiger partial charge in [-0.1, -0.05) is 29.8 Å². The van der Waals surface area contributed by atoms with Gasteiger partial charge >= 0.3 is 5.97 Å². The molecule has 3 N–H and O–H groups in total. The van der Waals surface area contributed by atoms with Crippen LogP contribution in [0.5, 0.6) is 11.5 Å². The minimum atomic E-state index is -1.26. The molecule has 4 aromatic rings. The van der Waals surface area contributed by atoms with E-state index in [0.29, 0.717) is 57.8 Å². The second-order valence-corrected chi connectivity index (χ2v) is 8.94. The van der Waals surface area contributed by atoms with E-state index in [9.17, 15) is 15.0 Å². The number of aryl methyl sites for hydroxylation is 1. The zero-order valence-corrected chi connectivity index (χ0v) is 20.8. The second-order valence-electron chi connectivity index (χ2n) is 8.56. The van der Waals surface area contributed by atoms with Crippen molar-refractivity contribution in [3.05, 3.63) is 59.2 Å². The number of aromatic nitrogens is 3. The van der Waals surface area contributed by atoms with E-state index in [0.717, 1.165) is 11.1 Å². The van der Waals surface area contributed by atoms with Gasteiger partial charge in [0.2, 0.25) is 0 Å². The summed E-state index contributed by atoms with van der Waals surface area (Å²) in [5.41, 5.74) is 4.25.